The van der Waals surface area contributed by atoms with Crippen molar-refractivity contribution in [2.45, 2.75) is 38.6 Å². The van der Waals surface area contributed by atoms with E-state index < -0.39 is 12.0 Å². The number of hydrogen-bond donors (Lipinski definition) is 2. The zero-order valence-electron chi connectivity index (χ0n) is 13.1. The van der Waals surface area contributed by atoms with Crippen molar-refractivity contribution in [3.63, 3.8) is 0 Å². The van der Waals surface area contributed by atoms with Crippen LogP contribution in [0.4, 0.5) is 0 Å². The molecule has 0 aliphatic carbocycles. The molecule has 124 valence electrons. The van der Waals surface area contributed by atoms with Crippen molar-refractivity contribution in [2.75, 3.05) is 32.8 Å². The summed E-state index contributed by atoms with van der Waals surface area (Å²) in [5.74, 6) is -0.750. The van der Waals surface area contributed by atoms with Crippen LogP contribution in [-0.4, -0.2) is 61.5 Å². The summed E-state index contributed by atoms with van der Waals surface area (Å²) in [5.41, 5.74) is 0. The predicted octanol–water partition coefficient (Wildman–Crippen LogP) is -0.344. The molecule has 0 saturated carbocycles. The number of carbonyl (C=O) groups excluding carboxylic acids is 3. The molecular weight excluding hydrogens is 286 g/mol. The normalized spacial score (nSPS) is 23.0. The Kier molecular flexibility index (Phi) is 6.18. The number of amides is 2. The lowest BCUT2D eigenvalue weighted by Crippen LogP contribution is -2.59. The minimum atomic E-state index is -0.736. The molecule has 2 N–H and O–H groups in total. The number of ether oxygens (including phenoxy) is 1. The van der Waals surface area contributed by atoms with Crippen LogP contribution in [0, 0.1) is 5.92 Å². The van der Waals surface area contributed by atoms with Crippen molar-refractivity contribution in [3.05, 3.63) is 0 Å². The molecule has 0 aromatic carbocycles. The zero-order valence-corrected chi connectivity index (χ0v) is 13.1. The Bertz CT molecular complexity index is 421. The third kappa shape index (κ3) is 4.19. The van der Waals surface area contributed by atoms with Gasteiger partial charge in [0.1, 0.15) is 6.04 Å². The molecule has 1 atom stereocenters. The van der Waals surface area contributed by atoms with Crippen LogP contribution in [-0.2, 0) is 19.1 Å². The lowest BCUT2D eigenvalue weighted by molar-refractivity contribution is -0.153. The molecule has 2 amide bonds. The number of rotatable bonds is 5. The van der Waals surface area contributed by atoms with E-state index in [1.165, 1.54) is 0 Å². The highest BCUT2D eigenvalue weighted by atomic mass is 16.5. The third-order valence-electron chi connectivity index (χ3n) is 4.13. The Balaban J connectivity index is 2.00. The van der Waals surface area contributed by atoms with E-state index in [9.17, 15) is 14.4 Å². The fraction of sp³-hybridized carbons (Fsp3) is 0.800. The Morgan fingerprint density at radius 3 is 2.68 bits per heavy atom. The Hall–Kier alpha value is -1.63. The molecule has 7 nitrogen and oxygen atoms in total. The third-order valence-corrected chi connectivity index (χ3v) is 4.13. The summed E-state index contributed by atoms with van der Waals surface area (Å²) in [7, 11) is 0. The van der Waals surface area contributed by atoms with Crippen LogP contribution >= 0.6 is 0 Å². The van der Waals surface area contributed by atoms with Gasteiger partial charge in [0.2, 0.25) is 11.8 Å². The second kappa shape index (κ2) is 8.12. The number of nitrogens with zero attached hydrogens (tertiary/aromatic N) is 1. The molecule has 7 heteroatoms. The van der Waals surface area contributed by atoms with Crippen molar-refractivity contribution in [3.8, 4) is 0 Å². The van der Waals surface area contributed by atoms with Gasteiger partial charge in [-0.15, -0.1) is 0 Å². The summed E-state index contributed by atoms with van der Waals surface area (Å²) >= 11 is 0. The second-order valence-electron chi connectivity index (χ2n) is 5.79. The SMILES string of the molecule is CCCOC(=O)CC1C(=O)NCCN1C(=O)C1CCNCC1. The molecule has 2 saturated heterocycles. The first-order valence-corrected chi connectivity index (χ1v) is 8.08. The lowest BCUT2D eigenvalue weighted by Gasteiger charge is -2.37. The van der Waals surface area contributed by atoms with Gasteiger partial charge in [0, 0.05) is 19.0 Å². The molecule has 1 unspecified atom stereocenters. The molecule has 22 heavy (non-hydrogen) atoms. The van der Waals surface area contributed by atoms with Gasteiger partial charge in [-0.1, -0.05) is 6.92 Å². The van der Waals surface area contributed by atoms with E-state index in [1.54, 1.807) is 4.90 Å². The van der Waals surface area contributed by atoms with Gasteiger partial charge in [-0.2, -0.15) is 0 Å². The smallest absolute Gasteiger partial charge is 0.308 e. The molecule has 2 aliphatic heterocycles. The van der Waals surface area contributed by atoms with Crippen molar-refractivity contribution in [1.29, 1.82) is 0 Å². The number of piperidine rings is 1. The van der Waals surface area contributed by atoms with E-state index in [1.807, 2.05) is 6.92 Å². The quantitative estimate of drug-likeness (QED) is 0.678. The van der Waals surface area contributed by atoms with Crippen molar-refractivity contribution in [2.24, 2.45) is 5.92 Å². The van der Waals surface area contributed by atoms with Gasteiger partial charge < -0.3 is 20.3 Å². The Morgan fingerprint density at radius 2 is 2.00 bits per heavy atom. The molecule has 0 bridgehead atoms. The van der Waals surface area contributed by atoms with Crippen LogP contribution in [0.5, 0.6) is 0 Å². The van der Waals surface area contributed by atoms with Gasteiger partial charge in [0.15, 0.2) is 0 Å². The Morgan fingerprint density at radius 1 is 1.27 bits per heavy atom. The summed E-state index contributed by atoms with van der Waals surface area (Å²) in [6.07, 6.45) is 2.23. The van der Waals surface area contributed by atoms with Crippen molar-refractivity contribution >= 4 is 17.8 Å². The van der Waals surface area contributed by atoms with E-state index in [0.717, 1.165) is 32.4 Å². The zero-order chi connectivity index (χ0) is 15.9. The van der Waals surface area contributed by atoms with E-state index >= 15 is 0 Å². The summed E-state index contributed by atoms with van der Waals surface area (Å²) < 4.78 is 5.05. The first-order valence-electron chi connectivity index (χ1n) is 8.08. The first kappa shape index (κ1) is 16.7. The van der Waals surface area contributed by atoms with Crippen LogP contribution in [0.2, 0.25) is 0 Å². The summed E-state index contributed by atoms with van der Waals surface area (Å²) in [5, 5.41) is 5.95. The molecule has 0 aromatic rings. The van der Waals surface area contributed by atoms with Gasteiger partial charge in [-0.25, -0.2) is 0 Å². The predicted molar refractivity (Wildman–Crippen MR) is 80.0 cm³/mol. The summed E-state index contributed by atoms with van der Waals surface area (Å²) in [6, 6.07) is -0.736. The fourth-order valence-electron chi connectivity index (χ4n) is 2.92. The van der Waals surface area contributed by atoms with Crippen LogP contribution in [0.15, 0.2) is 0 Å². The fourth-order valence-corrected chi connectivity index (χ4v) is 2.92. The molecule has 0 aromatic heterocycles. The number of nitrogens with one attached hydrogen (secondary N) is 2. The standard InChI is InChI=1S/C15H25N3O4/c1-2-9-22-13(19)10-12-14(20)17-7-8-18(12)15(21)11-3-5-16-6-4-11/h11-12,16H,2-10H2,1H3,(H,17,20). The number of esters is 1. The minimum absolute atomic E-state index is 0.00959. The van der Waals surface area contributed by atoms with Gasteiger partial charge in [0.05, 0.1) is 13.0 Å². The summed E-state index contributed by atoms with van der Waals surface area (Å²) in [6.45, 7) is 4.79. The summed E-state index contributed by atoms with van der Waals surface area (Å²) in [4.78, 5) is 38.1. The van der Waals surface area contributed by atoms with Gasteiger partial charge in [0.25, 0.3) is 0 Å². The maximum Gasteiger partial charge on any atom is 0.308 e. The van der Waals surface area contributed by atoms with E-state index in [4.69, 9.17) is 4.74 Å². The molecule has 0 spiro atoms. The van der Waals surface area contributed by atoms with Crippen molar-refractivity contribution < 1.29 is 19.1 Å². The molecule has 2 heterocycles. The second-order valence-corrected chi connectivity index (χ2v) is 5.79. The molecule has 0 radical (unpaired) electrons. The van der Waals surface area contributed by atoms with Crippen LogP contribution in [0.25, 0.3) is 0 Å². The van der Waals surface area contributed by atoms with Crippen LogP contribution in [0.3, 0.4) is 0 Å². The number of piperazine rings is 1. The maximum atomic E-state index is 12.7. The highest BCUT2D eigenvalue weighted by Gasteiger charge is 2.37. The average molecular weight is 311 g/mol. The highest BCUT2D eigenvalue weighted by Crippen LogP contribution is 2.19. The largest absolute Gasteiger partial charge is 0.466 e. The van der Waals surface area contributed by atoms with E-state index in [0.29, 0.717) is 19.7 Å². The number of hydrogen-bond acceptors (Lipinski definition) is 5. The lowest BCUT2D eigenvalue weighted by atomic mass is 9.95. The van der Waals surface area contributed by atoms with Gasteiger partial charge in [-0.3, -0.25) is 14.4 Å². The van der Waals surface area contributed by atoms with Gasteiger partial charge in [-0.05, 0) is 32.4 Å². The molecule has 2 fully saturated rings. The van der Waals surface area contributed by atoms with E-state index in [-0.39, 0.29) is 24.2 Å². The molecular formula is C15H25N3O4. The van der Waals surface area contributed by atoms with Crippen LogP contribution in [0.1, 0.15) is 32.6 Å². The monoisotopic (exact) mass is 311 g/mol. The maximum absolute atomic E-state index is 12.7. The molecule has 2 rings (SSSR count). The van der Waals surface area contributed by atoms with Crippen LogP contribution < -0.4 is 10.6 Å². The van der Waals surface area contributed by atoms with E-state index in [2.05, 4.69) is 10.6 Å². The first-order chi connectivity index (χ1) is 10.6. The Labute approximate surface area is 130 Å². The average Bonchev–Trinajstić information content (AvgIpc) is 2.55. The highest BCUT2D eigenvalue weighted by molar-refractivity contribution is 5.92. The number of carbonyl (C=O) groups is 3. The topological polar surface area (TPSA) is 87.7 Å². The molecule has 2 aliphatic rings. The minimum Gasteiger partial charge on any atom is -0.466 e. The van der Waals surface area contributed by atoms with Gasteiger partial charge >= 0.3 is 5.97 Å². The van der Waals surface area contributed by atoms with Crippen molar-refractivity contribution in [1.82, 2.24) is 15.5 Å².